The first kappa shape index (κ1) is 16.7. The van der Waals surface area contributed by atoms with E-state index < -0.39 is 11.9 Å². The van der Waals surface area contributed by atoms with Crippen molar-refractivity contribution in [2.75, 3.05) is 13.1 Å². The van der Waals surface area contributed by atoms with Crippen LogP contribution in [0.15, 0.2) is 36.7 Å². The van der Waals surface area contributed by atoms with E-state index >= 15 is 0 Å². The molecular formula is C16H19N3O4. The number of likely N-dealkylation sites (tertiary alicyclic amines) is 1. The Hall–Kier alpha value is -2.70. The Balaban J connectivity index is 1.80. The molecule has 1 aliphatic heterocycles. The molecule has 2 N–H and O–H groups in total. The first-order valence-electron chi connectivity index (χ1n) is 7.43. The predicted octanol–water partition coefficient (Wildman–Crippen LogP) is 0.577. The molecule has 0 radical (unpaired) electrons. The molecular weight excluding hydrogens is 298 g/mol. The minimum absolute atomic E-state index is 0.190. The number of carbonyl (C=O) groups is 3. The van der Waals surface area contributed by atoms with Gasteiger partial charge in [-0.25, -0.2) is 0 Å². The summed E-state index contributed by atoms with van der Waals surface area (Å²) in [6, 6.07) is 3.61. The fourth-order valence-corrected chi connectivity index (χ4v) is 2.38. The maximum atomic E-state index is 12.0. The first-order valence-corrected chi connectivity index (χ1v) is 7.43. The zero-order valence-electron chi connectivity index (χ0n) is 12.6. The maximum absolute atomic E-state index is 12.0. The Morgan fingerprint density at radius 3 is 2.91 bits per heavy atom. The van der Waals surface area contributed by atoms with Gasteiger partial charge in [-0.15, -0.1) is 0 Å². The number of rotatable bonds is 5. The standard InChI is InChI=1S/C16H19N3O4/c20-14(18-10-12-3-1-7-17-9-12)5-6-15(21)19-8-2-4-13(11-19)16(22)23/h1,3,5-7,9,13H,2,4,8,10-11H2,(H,18,20)(H,22,23)/b6-5+/t13-/m1/s1. The molecule has 0 unspecified atom stereocenters. The summed E-state index contributed by atoms with van der Waals surface area (Å²) < 4.78 is 0. The highest BCUT2D eigenvalue weighted by Gasteiger charge is 2.27. The van der Waals surface area contributed by atoms with Crippen LogP contribution < -0.4 is 5.32 Å². The van der Waals surface area contributed by atoms with Crippen molar-refractivity contribution in [1.29, 1.82) is 0 Å². The van der Waals surface area contributed by atoms with Gasteiger partial charge in [-0.05, 0) is 24.5 Å². The molecule has 7 heteroatoms. The molecule has 1 aromatic heterocycles. The fraction of sp³-hybridized carbons (Fsp3) is 0.375. The number of amides is 2. The Morgan fingerprint density at radius 1 is 1.39 bits per heavy atom. The van der Waals surface area contributed by atoms with Crippen LogP contribution in [0.1, 0.15) is 18.4 Å². The molecule has 2 rings (SSSR count). The third-order valence-corrected chi connectivity index (χ3v) is 3.65. The Kier molecular flexibility index (Phi) is 5.85. The van der Waals surface area contributed by atoms with Crippen molar-refractivity contribution < 1.29 is 19.5 Å². The summed E-state index contributed by atoms with van der Waals surface area (Å²) in [5.74, 6) is -2.14. The van der Waals surface area contributed by atoms with E-state index in [1.807, 2.05) is 6.07 Å². The highest BCUT2D eigenvalue weighted by molar-refractivity contribution is 5.96. The normalized spacial score (nSPS) is 17.9. The van der Waals surface area contributed by atoms with E-state index in [1.54, 1.807) is 18.5 Å². The molecule has 122 valence electrons. The summed E-state index contributed by atoms with van der Waals surface area (Å²) >= 11 is 0. The second kappa shape index (κ2) is 8.07. The molecule has 7 nitrogen and oxygen atoms in total. The quantitative estimate of drug-likeness (QED) is 0.774. The van der Waals surface area contributed by atoms with Gasteiger partial charge in [0.05, 0.1) is 5.92 Å². The van der Waals surface area contributed by atoms with Crippen LogP contribution in [-0.4, -0.2) is 45.9 Å². The lowest BCUT2D eigenvalue weighted by atomic mass is 9.98. The van der Waals surface area contributed by atoms with Gasteiger partial charge in [0.25, 0.3) is 0 Å². The topological polar surface area (TPSA) is 99.6 Å². The number of pyridine rings is 1. The number of aliphatic carboxylic acids is 1. The van der Waals surface area contributed by atoms with Crippen LogP contribution >= 0.6 is 0 Å². The van der Waals surface area contributed by atoms with Crippen molar-refractivity contribution in [3.05, 3.63) is 42.2 Å². The smallest absolute Gasteiger partial charge is 0.308 e. The number of hydrogen-bond donors (Lipinski definition) is 2. The highest BCUT2D eigenvalue weighted by atomic mass is 16.4. The van der Waals surface area contributed by atoms with E-state index in [0.29, 0.717) is 25.9 Å². The number of carbonyl (C=O) groups excluding carboxylic acids is 2. The minimum atomic E-state index is -0.888. The molecule has 0 spiro atoms. The first-order chi connectivity index (χ1) is 11.1. The zero-order chi connectivity index (χ0) is 16.7. The van der Waals surface area contributed by atoms with Gasteiger partial charge in [0.2, 0.25) is 11.8 Å². The van der Waals surface area contributed by atoms with Gasteiger partial charge in [-0.2, -0.15) is 0 Å². The largest absolute Gasteiger partial charge is 0.481 e. The maximum Gasteiger partial charge on any atom is 0.308 e. The fourth-order valence-electron chi connectivity index (χ4n) is 2.38. The number of hydrogen-bond acceptors (Lipinski definition) is 4. The van der Waals surface area contributed by atoms with Crippen molar-refractivity contribution in [2.24, 2.45) is 5.92 Å². The molecule has 23 heavy (non-hydrogen) atoms. The van der Waals surface area contributed by atoms with Crippen LogP contribution in [0.5, 0.6) is 0 Å². The van der Waals surface area contributed by atoms with Gasteiger partial charge in [-0.1, -0.05) is 6.07 Å². The van der Waals surface area contributed by atoms with Gasteiger partial charge in [0.15, 0.2) is 0 Å². The number of carboxylic acid groups (broad SMARTS) is 1. The van der Waals surface area contributed by atoms with E-state index in [-0.39, 0.29) is 18.4 Å². The third-order valence-electron chi connectivity index (χ3n) is 3.65. The molecule has 1 atom stereocenters. The molecule has 1 fully saturated rings. The number of aromatic nitrogens is 1. The Labute approximate surface area is 134 Å². The molecule has 0 aromatic carbocycles. The summed E-state index contributed by atoms with van der Waals surface area (Å²) in [5, 5.41) is 11.7. The summed E-state index contributed by atoms with van der Waals surface area (Å²) in [7, 11) is 0. The van der Waals surface area contributed by atoms with Crippen LogP contribution in [0.25, 0.3) is 0 Å². The highest BCUT2D eigenvalue weighted by Crippen LogP contribution is 2.16. The lowest BCUT2D eigenvalue weighted by molar-refractivity contribution is -0.144. The van der Waals surface area contributed by atoms with E-state index in [1.165, 1.54) is 17.1 Å². The Morgan fingerprint density at radius 2 is 2.22 bits per heavy atom. The van der Waals surface area contributed by atoms with Crippen molar-refractivity contribution in [2.45, 2.75) is 19.4 Å². The summed E-state index contributed by atoms with van der Waals surface area (Å²) in [4.78, 5) is 40.1. The zero-order valence-corrected chi connectivity index (χ0v) is 12.6. The van der Waals surface area contributed by atoms with Gasteiger partial charge in [0, 0.05) is 44.2 Å². The van der Waals surface area contributed by atoms with Gasteiger partial charge < -0.3 is 15.3 Å². The lowest BCUT2D eigenvalue weighted by Gasteiger charge is -2.29. The second-order valence-electron chi connectivity index (χ2n) is 5.37. The van der Waals surface area contributed by atoms with Crippen LogP contribution in [0.3, 0.4) is 0 Å². The van der Waals surface area contributed by atoms with Crippen molar-refractivity contribution in [3.8, 4) is 0 Å². The van der Waals surface area contributed by atoms with E-state index in [2.05, 4.69) is 10.3 Å². The average molecular weight is 317 g/mol. The average Bonchev–Trinajstić information content (AvgIpc) is 2.58. The van der Waals surface area contributed by atoms with Gasteiger partial charge in [-0.3, -0.25) is 19.4 Å². The summed E-state index contributed by atoms with van der Waals surface area (Å²) in [5.41, 5.74) is 0.862. The number of nitrogens with one attached hydrogen (secondary N) is 1. The molecule has 1 aliphatic rings. The monoisotopic (exact) mass is 317 g/mol. The lowest BCUT2D eigenvalue weighted by Crippen LogP contribution is -2.41. The van der Waals surface area contributed by atoms with Crippen molar-refractivity contribution in [1.82, 2.24) is 15.2 Å². The molecule has 1 saturated heterocycles. The van der Waals surface area contributed by atoms with Crippen LogP contribution in [0, 0.1) is 5.92 Å². The van der Waals surface area contributed by atoms with E-state index in [4.69, 9.17) is 5.11 Å². The molecule has 0 aliphatic carbocycles. The van der Waals surface area contributed by atoms with Crippen LogP contribution in [0.4, 0.5) is 0 Å². The van der Waals surface area contributed by atoms with Crippen LogP contribution in [-0.2, 0) is 20.9 Å². The number of piperidine rings is 1. The minimum Gasteiger partial charge on any atom is -0.481 e. The number of nitrogens with zero attached hydrogens (tertiary/aromatic N) is 2. The Bertz CT molecular complexity index is 601. The van der Waals surface area contributed by atoms with Gasteiger partial charge in [0.1, 0.15) is 0 Å². The second-order valence-corrected chi connectivity index (χ2v) is 5.37. The molecule has 2 heterocycles. The molecule has 0 saturated carbocycles. The SMILES string of the molecule is O=C(/C=C/C(=O)N1CCC[C@@H](C(=O)O)C1)NCc1cccnc1. The summed E-state index contributed by atoms with van der Waals surface area (Å²) in [6.45, 7) is 1.04. The van der Waals surface area contributed by atoms with Crippen molar-refractivity contribution in [3.63, 3.8) is 0 Å². The van der Waals surface area contributed by atoms with Gasteiger partial charge >= 0.3 is 5.97 Å². The van der Waals surface area contributed by atoms with E-state index in [9.17, 15) is 14.4 Å². The van der Waals surface area contributed by atoms with Crippen LogP contribution in [0.2, 0.25) is 0 Å². The predicted molar refractivity (Wildman–Crippen MR) is 82.2 cm³/mol. The molecule has 0 bridgehead atoms. The van der Waals surface area contributed by atoms with E-state index in [0.717, 1.165) is 5.56 Å². The number of carboxylic acids is 1. The molecule has 1 aromatic rings. The van der Waals surface area contributed by atoms with Crippen molar-refractivity contribution >= 4 is 17.8 Å². The third kappa shape index (κ3) is 5.21. The molecule has 2 amide bonds. The summed E-state index contributed by atoms with van der Waals surface area (Å²) in [6.07, 6.45) is 6.88.